The summed E-state index contributed by atoms with van der Waals surface area (Å²) in [5.74, 6) is 0.654. The Labute approximate surface area is 108 Å². The first-order chi connectivity index (χ1) is 9.08. The number of hydrogen-bond acceptors (Lipinski definition) is 5. The van der Waals surface area contributed by atoms with E-state index < -0.39 is 5.63 Å². The third-order valence-electron chi connectivity index (χ3n) is 2.93. The molecule has 1 N–H and O–H groups in total. The average Bonchev–Trinajstić information content (AvgIpc) is 2.66. The van der Waals surface area contributed by atoms with E-state index in [4.69, 9.17) is 9.15 Å². The molecule has 0 saturated heterocycles. The van der Waals surface area contributed by atoms with Crippen LogP contribution in [0.25, 0.3) is 12.5 Å². The molecule has 0 unspecified atom stereocenters. The SMILES string of the molecule is C=c1cc(O)c(=C2Oc3ccccc3N2C)c(=O)o1. The van der Waals surface area contributed by atoms with Gasteiger partial charge in [0, 0.05) is 13.1 Å². The van der Waals surface area contributed by atoms with E-state index in [2.05, 4.69) is 6.58 Å². The minimum Gasteiger partial charge on any atom is -0.507 e. The molecule has 0 saturated carbocycles. The smallest absolute Gasteiger partial charge is 0.352 e. The summed E-state index contributed by atoms with van der Waals surface area (Å²) in [5, 5.41) is 9.89. The molecule has 19 heavy (non-hydrogen) atoms. The number of aromatic hydroxyl groups is 1. The Morgan fingerprint density at radius 3 is 2.74 bits per heavy atom. The molecule has 3 rings (SSSR count). The van der Waals surface area contributed by atoms with E-state index in [1.165, 1.54) is 6.07 Å². The first kappa shape index (κ1) is 11.4. The Bertz CT molecular complexity index is 822. The number of para-hydroxylation sites is 2. The number of nitrogens with zero attached hydrogens (tertiary/aromatic N) is 1. The van der Waals surface area contributed by atoms with Crippen molar-refractivity contribution >= 4 is 18.1 Å². The number of anilines is 1. The zero-order valence-electron chi connectivity index (χ0n) is 10.2. The van der Waals surface area contributed by atoms with Gasteiger partial charge in [0.05, 0.1) is 5.69 Å². The first-order valence-electron chi connectivity index (χ1n) is 5.65. The van der Waals surface area contributed by atoms with Crippen LogP contribution in [0.1, 0.15) is 0 Å². The molecule has 5 nitrogen and oxygen atoms in total. The molecule has 96 valence electrons. The van der Waals surface area contributed by atoms with Gasteiger partial charge >= 0.3 is 5.63 Å². The van der Waals surface area contributed by atoms with Crippen LogP contribution >= 0.6 is 0 Å². The average molecular weight is 257 g/mol. The molecule has 5 heteroatoms. The maximum absolute atomic E-state index is 11.9. The van der Waals surface area contributed by atoms with Crippen molar-refractivity contribution in [1.29, 1.82) is 0 Å². The van der Waals surface area contributed by atoms with Gasteiger partial charge in [0.25, 0.3) is 0 Å². The monoisotopic (exact) mass is 257 g/mol. The van der Waals surface area contributed by atoms with Crippen LogP contribution in [0.3, 0.4) is 0 Å². The number of benzene rings is 1. The molecule has 1 aromatic carbocycles. The highest BCUT2D eigenvalue weighted by atomic mass is 16.5. The summed E-state index contributed by atoms with van der Waals surface area (Å²) in [5.41, 5.74) is 0.236. The summed E-state index contributed by atoms with van der Waals surface area (Å²) in [6, 6.07) is 8.62. The summed E-state index contributed by atoms with van der Waals surface area (Å²) < 4.78 is 10.5. The molecule has 2 aromatic rings. The summed E-state index contributed by atoms with van der Waals surface area (Å²) in [6.45, 7) is 3.48. The fourth-order valence-electron chi connectivity index (χ4n) is 2.05. The standard InChI is InChI=1S/C14H11NO4/c1-8-7-10(16)12(14(17)18-8)13-15(2)9-5-3-4-6-11(9)19-13/h3-7,16H,1H2,2H3. The molecule has 0 atom stereocenters. The summed E-state index contributed by atoms with van der Waals surface area (Å²) in [4.78, 5) is 13.5. The maximum Gasteiger partial charge on any atom is 0.352 e. The number of rotatable bonds is 0. The highest BCUT2D eigenvalue weighted by Gasteiger charge is 2.25. The van der Waals surface area contributed by atoms with E-state index >= 15 is 0 Å². The lowest BCUT2D eigenvalue weighted by Crippen LogP contribution is -2.34. The molecule has 0 amide bonds. The van der Waals surface area contributed by atoms with E-state index in [-0.39, 0.29) is 22.3 Å². The van der Waals surface area contributed by atoms with Gasteiger partial charge in [0.15, 0.2) is 11.0 Å². The molecule has 1 aliphatic rings. The Morgan fingerprint density at radius 1 is 1.32 bits per heavy atom. The van der Waals surface area contributed by atoms with Gasteiger partial charge in [-0.1, -0.05) is 18.7 Å². The minimum atomic E-state index is -0.681. The van der Waals surface area contributed by atoms with Crippen molar-refractivity contribution in [3.8, 4) is 11.5 Å². The van der Waals surface area contributed by atoms with Gasteiger partial charge in [-0.3, -0.25) is 0 Å². The second kappa shape index (κ2) is 3.91. The Morgan fingerprint density at radius 2 is 2.05 bits per heavy atom. The molecule has 1 aliphatic heterocycles. The van der Waals surface area contributed by atoms with Crippen molar-refractivity contribution in [1.82, 2.24) is 0 Å². The lowest BCUT2D eigenvalue weighted by Gasteiger charge is -2.10. The number of fused-ring (bicyclic) bond motifs is 1. The minimum absolute atomic E-state index is 0.00824. The number of hydrogen-bond donors (Lipinski definition) is 1. The second-order valence-electron chi connectivity index (χ2n) is 4.19. The highest BCUT2D eigenvalue weighted by Crippen LogP contribution is 2.37. The maximum atomic E-state index is 11.9. The normalized spacial score (nSPS) is 16.2. The van der Waals surface area contributed by atoms with Gasteiger partial charge in [-0.05, 0) is 12.1 Å². The lowest BCUT2D eigenvalue weighted by molar-refractivity contribution is 0.418. The van der Waals surface area contributed by atoms with Crippen LogP contribution < -0.4 is 25.9 Å². The molecule has 1 aromatic heterocycles. The molecule has 2 heterocycles. The van der Waals surface area contributed by atoms with Crippen molar-refractivity contribution in [2.75, 3.05) is 11.9 Å². The topological polar surface area (TPSA) is 62.9 Å². The molecule has 0 fully saturated rings. The van der Waals surface area contributed by atoms with Crippen LogP contribution in [0.2, 0.25) is 0 Å². The van der Waals surface area contributed by atoms with Gasteiger partial charge in [-0.25, -0.2) is 4.79 Å². The van der Waals surface area contributed by atoms with Crippen LogP contribution in [-0.2, 0) is 0 Å². The predicted molar refractivity (Wildman–Crippen MR) is 70.3 cm³/mol. The van der Waals surface area contributed by atoms with Crippen LogP contribution in [0.4, 0.5) is 5.69 Å². The third-order valence-corrected chi connectivity index (χ3v) is 2.93. The van der Waals surface area contributed by atoms with E-state index in [0.717, 1.165) is 5.69 Å². The van der Waals surface area contributed by atoms with Crippen LogP contribution in [0, 0.1) is 0 Å². The van der Waals surface area contributed by atoms with Crippen molar-refractivity contribution in [3.05, 3.63) is 51.4 Å². The fourth-order valence-corrected chi connectivity index (χ4v) is 2.05. The van der Waals surface area contributed by atoms with Crippen molar-refractivity contribution in [2.24, 2.45) is 0 Å². The lowest BCUT2D eigenvalue weighted by atomic mass is 10.3. The Kier molecular flexibility index (Phi) is 2.35. The van der Waals surface area contributed by atoms with E-state index in [0.29, 0.717) is 5.75 Å². The summed E-state index contributed by atoms with van der Waals surface area (Å²) in [7, 11) is 1.75. The molecule has 0 spiro atoms. The second-order valence-corrected chi connectivity index (χ2v) is 4.19. The van der Waals surface area contributed by atoms with E-state index in [9.17, 15) is 9.90 Å². The molecule has 0 aliphatic carbocycles. The molecule has 0 bridgehead atoms. The largest absolute Gasteiger partial charge is 0.507 e. The molecular formula is C14H11NO4. The van der Waals surface area contributed by atoms with Crippen molar-refractivity contribution in [3.63, 3.8) is 0 Å². The van der Waals surface area contributed by atoms with Gasteiger partial charge in [-0.15, -0.1) is 0 Å². The van der Waals surface area contributed by atoms with Gasteiger partial charge in [0.1, 0.15) is 11.2 Å². The van der Waals surface area contributed by atoms with E-state index in [1.807, 2.05) is 18.2 Å². The van der Waals surface area contributed by atoms with Crippen LogP contribution in [0.15, 0.2) is 39.5 Å². The zero-order chi connectivity index (χ0) is 13.6. The molecular weight excluding hydrogens is 246 g/mol. The van der Waals surface area contributed by atoms with E-state index in [1.54, 1.807) is 18.0 Å². The highest BCUT2D eigenvalue weighted by molar-refractivity contribution is 5.77. The quantitative estimate of drug-likeness (QED) is 0.738. The van der Waals surface area contributed by atoms with Gasteiger partial charge in [-0.2, -0.15) is 0 Å². The summed E-state index contributed by atoms with van der Waals surface area (Å²) >= 11 is 0. The molecule has 0 radical (unpaired) electrons. The number of ether oxygens (including phenoxy) is 1. The van der Waals surface area contributed by atoms with Crippen LogP contribution in [-0.4, -0.2) is 12.2 Å². The van der Waals surface area contributed by atoms with Crippen molar-refractivity contribution in [2.45, 2.75) is 0 Å². The third kappa shape index (κ3) is 1.67. The van der Waals surface area contributed by atoms with Crippen LogP contribution in [0.5, 0.6) is 11.5 Å². The van der Waals surface area contributed by atoms with Gasteiger partial charge < -0.3 is 19.2 Å². The Hall–Kier alpha value is -2.69. The van der Waals surface area contributed by atoms with Crippen molar-refractivity contribution < 1.29 is 14.3 Å². The fraction of sp³-hybridized carbons (Fsp3) is 0.0714. The predicted octanol–water partition coefficient (Wildman–Crippen LogP) is 0.350. The zero-order valence-corrected chi connectivity index (χ0v) is 10.2. The van der Waals surface area contributed by atoms with Gasteiger partial charge in [0.2, 0.25) is 5.88 Å². The summed E-state index contributed by atoms with van der Waals surface area (Å²) in [6.07, 6.45) is 0. The Balaban J connectivity index is 2.34. The first-order valence-corrected chi connectivity index (χ1v) is 5.65.